The summed E-state index contributed by atoms with van der Waals surface area (Å²) in [7, 11) is 1.42. The largest absolute Gasteiger partial charge is 0.415 e. The van der Waals surface area contributed by atoms with Crippen molar-refractivity contribution >= 4 is 10.9 Å². The molecule has 0 saturated heterocycles. The number of aromatic amines is 1. The monoisotopic (exact) mass is 300 g/mol. The first kappa shape index (κ1) is 15.5. The van der Waals surface area contributed by atoms with E-state index in [0.717, 1.165) is 5.39 Å². The first-order valence-corrected chi connectivity index (χ1v) is 6.31. The number of rotatable bonds is 4. The minimum atomic E-state index is -4.66. The molecule has 2 N–H and O–H groups in total. The molecule has 21 heavy (non-hydrogen) atoms. The number of para-hydroxylation sites is 1. The van der Waals surface area contributed by atoms with Gasteiger partial charge >= 0.3 is 6.18 Å². The first-order valence-electron chi connectivity index (χ1n) is 6.31. The minimum Gasteiger partial charge on any atom is -0.382 e. The standard InChI is InChI=1S/C14H15F3N2O2/c1-19(8-12(20)14(15,16)17)7-10-6-9-4-2-3-5-11(9)18-13(10)21/h2-6,12,20H,7-8H2,1H3,(H,18,21). The van der Waals surface area contributed by atoms with Crippen LogP contribution in [0.3, 0.4) is 0 Å². The van der Waals surface area contributed by atoms with Gasteiger partial charge in [-0.3, -0.25) is 9.69 Å². The zero-order valence-corrected chi connectivity index (χ0v) is 11.3. The SMILES string of the molecule is CN(Cc1cc2ccccc2[nH]c1=O)CC(O)C(F)(F)F. The number of aromatic nitrogens is 1. The Morgan fingerprint density at radius 1 is 1.33 bits per heavy atom. The molecule has 4 nitrogen and oxygen atoms in total. The molecule has 2 aromatic rings. The van der Waals surface area contributed by atoms with E-state index in [9.17, 15) is 18.0 Å². The van der Waals surface area contributed by atoms with Crippen molar-refractivity contribution in [3.05, 3.63) is 46.2 Å². The molecular weight excluding hydrogens is 285 g/mol. The fraction of sp³-hybridized carbons (Fsp3) is 0.357. The lowest BCUT2D eigenvalue weighted by Gasteiger charge is -2.22. The lowest BCUT2D eigenvalue weighted by molar-refractivity contribution is -0.207. The summed E-state index contributed by atoms with van der Waals surface area (Å²) in [5.41, 5.74) is 0.678. The van der Waals surface area contributed by atoms with E-state index in [2.05, 4.69) is 4.98 Å². The molecular formula is C14H15F3N2O2. The van der Waals surface area contributed by atoms with Crippen LogP contribution in [0.15, 0.2) is 35.1 Å². The highest BCUT2D eigenvalue weighted by Crippen LogP contribution is 2.20. The minimum absolute atomic E-state index is 0.0211. The quantitative estimate of drug-likeness (QED) is 0.906. The number of likely N-dealkylation sites (N-methyl/N-ethyl adjacent to an activating group) is 1. The lowest BCUT2D eigenvalue weighted by Crippen LogP contribution is -2.39. The molecule has 0 bridgehead atoms. The van der Waals surface area contributed by atoms with Crippen molar-refractivity contribution in [1.82, 2.24) is 9.88 Å². The molecule has 0 aliphatic heterocycles. The van der Waals surface area contributed by atoms with Crippen molar-refractivity contribution in [2.75, 3.05) is 13.6 Å². The van der Waals surface area contributed by atoms with Crippen LogP contribution in [0.1, 0.15) is 5.56 Å². The lowest BCUT2D eigenvalue weighted by atomic mass is 10.1. The Morgan fingerprint density at radius 2 is 2.00 bits per heavy atom. The summed E-state index contributed by atoms with van der Waals surface area (Å²) in [6.07, 6.45) is -7.09. The number of hydrogen-bond acceptors (Lipinski definition) is 3. The van der Waals surface area contributed by atoms with Gasteiger partial charge in [0.25, 0.3) is 5.56 Å². The number of fused-ring (bicyclic) bond motifs is 1. The van der Waals surface area contributed by atoms with Gasteiger partial charge < -0.3 is 10.1 Å². The summed E-state index contributed by atoms with van der Waals surface area (Å²) in [6, 6.07) is 8.78. The molecule has 2 rings (SSSR count). The van der Waals surface area contributed by atoms with Gasteiger partial charge in [-0.1, -0.05) is 18.2 Å². The van der Waals surface area contributed by atoms with Crippen LogP contribution in [-0.4, -0.2) is 40.9 Å². The number of aliphatic hydroxyl groups excluding tert-OH is 1. The maximum absolute atomic E-state index is 12.3. The average Bonchev–Trinajstić information content (AvgIpc) is 2.38. The zero-order chi connectivity index (χ0) is 15.6. The number of alkyl halides is 3. The van der Waals surface area contributed by atoms with E-state index < -0.39 is 18.8 Å². The summed E-state index contributed by atoms with van der Waals surface area (Å²) in [4.78, 5) is 15.8. The Kier molecular flexibility index (Phi) is 4.34. The van der Waals surface area contributed by atoms with Crippen molar-refractivity contribution in [1.29, 1.82) is 0 Å². The van der Waals surface area contributed by atoms with Crippen molar-refractivity contribution in [3.8, 4) is 0 Å². The van der Waals surface area contributed by atoms with Gasteiger partial charge in [-0.25, -0.2) is 0 Å². The van der Waals surface area contributed by atoms with E-state index >= 15 is 0 Å². The smallest absolute Gasteiger partial charge is 0.382 e. The van der Waals surface area contributed by atoms with Crippen LogP contribution < -0.4 is 5.56 Å². The number of aliphatic hydroxyl groups is 1. The number of nitrogens with zero attached hydrogens (tertiary/aromatic N) is 1. The van der Waals surface area contributed by atoms with E-state index in [4.69, 9.17) is 5.11 Å². The van der Waals surface area contributed by atoms with Gasteiger partial charge in [0, 0.05) is 24.2 Å². The summed E-state index contributed by atoms with van der Waals surface area (Å²) in [5.74, 6) is 0. The maximum Gasteiger partial charge on any atom is 0.415 e. The highest BCUT2D eigenvalue weighted by atomic mass is 19.4. The fourth-order valence-electron chi connectivity index (χ4n) is 2.06. The molecule has 1 aromatic carbocycles. The Morgan fingerprint density at radius 3 is 2.67 bits per heavy atom. The number of halogens is 3. The van der Waals surface area contributed by atoms with Gasteiger partial charge in [0.15, 0.2) is 6.10 Å². The second-order valence-electron chi connectivity index (χ2n) is 4.97. The molecule has 0 spiro atoms. The van der Waals surface area contributed by atoms with Crippen LogP contribution >= 0.6 is 0 Å². The molecule has 114 valence electrons. The van der Waals surface area contributed by atoms with E-state index in [1.807, 2.05) is 6.07 Å². The third kappa shape index (κ3) is 3.83. The van der Waals surface area contributed by atoms with Gasteiger partial charge in [-0.15, -0.1) is 0 Å². The highest BCUT2D eigenvalue weighted by molar-refractivity contribution is 5.78. The molecule has 1 aromatic heterocycles. The summed E-state index contributed by atoms with van der Waals surface area (Å²) in [5, 5.41) is 9.83. The second-order valence-corrected chi connectivity index (χ2v) is 4.97. The zero-order valence-electron chi connectivity index (χ0n) is 11.3. The van der Waals surface area contributed by atoms with Crippen LogP contribution in [0.4, 0.5) is 13.2 Å². The topological polar surface area (TPSA) is 56.3 Å². The molecule has 1 heterocycles. The van der Waals surface area contributed by atoms with E-state index in [-0.39, 0.29) is 12.1 Å². The van der Waals surface area contributed by atoms with Crippen molar-refractivity contribution in [3.63, 3.8) is 0 Å². The Labute approximate surface area is 118 Å². The molecule has 1 unspecified atom stereocenters. The van der Waals surface area contributed by atoms with Crippen LogP contribution in [0.5, 0.6) is 0 Å². The third-order valence-corrected chi connectivity index (χ3v) is 3.13. The first-order chi connectivity index (χ1) is 9.77. The van der Waals surface area contributed by atoms with E-state index in [1.165, 1.54) is 11.9 Å². The normalized spacial score (nSPS) is 13.8. The van der Waals surface area contributed by atoms with Gasteiger partial charge in [-0.2, -0.15) is 13.2 Å². The Balaban J connectivity index is 2.16. The number of benzene rings is 1. The number of hydrogen-bond donors (Lipinski definition) is 2. The summed E-state index contributed by atoms with van der Waals surface area (Å²) < 4.78 is 36.9. The highest BCUT2D eigenvalue weighted by Gasteiger charge is 2.38. The molecule has 0 amide bonds. The molecule has 0 aliphatic rings. The van der Waals surface area contributed by atoms with Crippen LogP contribution in [-0.2, 0) is 6.54 Å². The molecule has 0 radical (unpaired) electrons. The maximum atomic E-state index is 12.3. The summed E-state index contributed by atoms with van der Waals surface area (Å²) in [6.45, 7) is -0.566. The van der Waals surface area contributed by atoms with Crippen molar-refractivity contribution in [2.45, 2.75) is 18.8 Å². The molecule has 0 saturated carbocycles. The molecule has 7 heteroatoms. The number of H-pyrrole nitrogens is 1. The van der Waals surface area contributed by atoms with Gasteiger partial charge in [0.05, 0.1) is 0 Å². The van der Waals surface area contributed by atoms with Gasteiger partial charge in [0.2, 0.25) is 0 Å². The Bertz CT molecular complexity index is 682. The molecule has 0 fully saturated rings. The number of nitrogens with one attached hydrogen (secondary N) is 1. The van der Waals surface area contributed by atoms with E-state index in [1.54, 1.807) is 24.3 Å². The number of pyridine rings is 1. The van der Waals surface area contributed by atoms with Crippen LogP contribution in [0, 0.1) is 0 Å². The predicted molar refractivity (Wildman–Crippen MR) is 73.0 cm³/mol. The predicted octanol–water partition coefficient (Wildman–Crippen LogP) is 1.88. The second kappa shape index (κ2) is 5.87. The molecule has 1 atom stereocenters. The third-order valence-electron chi connectivity index (χ3n) is 3.13. The van der Waals surface area contributed by atoms with Crippen molar-refractivity contribution < 1.29 is 18.3 Å². The fourth-order valence-corrected chi connectivity index (χ4v) is 2.06. The van der Waals surface area contributed by atoms with Crippen molar-refractivity contribution in [2.24, 2.45) is 0 Å². The van der Waals surface area contributed by atoms with Crippen LogP contribution in [0.25, 0.3) is 10.9 Å². The Hall–Kier alpha value is -1.86. The average molecular weight is 300 g/mol. The van der Waals surface area contributed by atoms with Gasteiger partial charge in [0.1, 0.15) is 0 Å². The van der Waals surface area contributed by atoms with E-state index in [0.29, 0.717) is 11.1 Å². The summed E-state index contributed by atoms with van der Waals surface area (Å²) >= 11 is 0. The molecule has 0 aliphatic carbocycles. The van der Waals surface area contributed by atoms with Gasteiger partial charge in [-0.05, 0) is 24.6 Å². The van der Waals surface area contributed by atoms with Crippen LogP contribution in [0.2, 0.25) is 0 Å².